The van der Waals surface area contributed by atoms with Gasteiger partial charge in [-0.1, -0.05) is 36.4 Å². The maximum Gasteiger partial charge on any atom is 0.239 e. The fourth-order valence-electron chi connectivity index (χ4n) is 2.31. The molecule has 2 N–H and O–H groups in total. The van der Waals surface area contributed by atoms with Crippen LogP contribution in [0.5, 0.6) is 0 Å². The molecule has 0 radical (unpaired) electrons. The predicted molar refractivity (Wildman–Crippen MR) is 95.6 cm³/mol. The lowest BCUT2D eigenvalue weighted by atomic mass is 10.1. The summed E-state index contributed by atoms with van der Waals surface area (Å²) in [5, 5.41) is 2.06. The summed E-state index contributed by atoms with van der Waals surface area (Å²) < 4.78 is 0. The van der Waals surface area contributed by atoms with Crippen LogP contribution < -0.4 is 5.73 Å². The molecule has 1 aromatic heterocycles. The third kappa shape index (κ3) is 5.44. The minimum Gasteiger partial charge on any atom is -0.341 e. The molecule has 120 valence electrons. The van der Waals surface area contributed by atoms with E-state index in [2.05, 4.69) is 11.4 Å². The molecule has 2 aromatic rings. The number of likely N-dealkylation sites (N-methyl/N-ethyl adjacent to an activating group) is 1. The van der Waals surface area contributed by atoms with Gasteiger partial charge < -0.3 is 10.6 Å². The minimum atomic E-state index is -0.462. The molecule has 3 nitrogen and oxygen atoms in total. The molecule has 0 unspecified atom stereocenters. The highest BCUT2D eigenvalue weighted by Gasteiger charge is 2.20. The predicted octanol–water partition coefficient (Wildman–Crippen LogP) is 3.13. The Bertz CT molecular complexity index is 545. The van der Waals surface area contributed by atoms with Crippen LogP contribution in [0.2, 0.25) is 0 Å². The summed E-state index contributed by atoms with van der Waals surface area (Å²) in [5.41, 5.74) is 7.19. The number of halogens is 1. The Hall–Kier alpha value is -1.36. The summed E-state index contributed by atoms with van der Waals surface area (Å²) in [6.45, 7) is 3.44. The molecular formula is C17H23ClN2OS. The van der Waals surface area contributed by atoms with Crippen LogP contribution in [-0.4, -0.2) is 29.9 Å². The van der Waals surface area contributed by atoms with Gasteiger partial charge in [0.1, 0.15) is 0 Å². The van der Waals surface area contributed by atoms with E-state index in [-0.39, 0.29) is 18.3 Å². The Labute approximate surface area is 142 Å². The van der Waals surface area contributed by atoms with Gasteiger partial charge in [0, 0.05) is 18.0 Å². The maximum absolute atomic E-state index is 12.4. The van der Waals surface area contributed by atoms with E-state index in [0.717, 1.165) is 18.5 Å². The van der Waals surface area contributed by atoms with E-state index in [0.29, 0.717) is 13.0 Å². The number of nitrogens with two attached hydrogens (primary N) is 1. The normalized spacial score (nSPS) is 11.5. The van der Waals surface area contributed by atoms with Crippen molar-refractivity contribution in [2.45, 2.75) is 25.8 Å². The average Bonchev–Trinajstić information content (AvgIpc) is 3.02. The van der Waals surface area contributed by atoms with Gasteiger partial charge in [0.05, 0.1) is 6.04 Å². The largest absolute Gasteiger partial charge is 0.341 e. The van der Waals surface area contributed by atoms with Gasteiger partial charge in [-0.2, -0.15) is 0 Å². The van der Waals surface area contributed by atoms with E-state index in [1.807, 2.05) is 48.2 Å². The molecule has 0 bridgehead atoms. The van der Waals surface area contributed by atoms with Crippen molar-refractivity contribution < 1.29 is 4.79 Å². The number of rotatable bonds is 7. The first-order chi connectivity index (χ1) is 10.2. The standard InChI is InChI=1S/C17H22N2OS.ClH/c1-2-19(11-10-15-9-6-12-21-15)17(20)16(18)13-14-7-4-3-5-8-14;/h3-9,12,16H,2,10-11,13,18H2,1H3;1H/t16-;/m0./s1. The van der Waals surface area contributed by atoms with Gasteiger partial charge in [-0.05, 0) is 36.8 Å². The van der Waals surface area contributed by atoms with Gasteiger partial charge >= 0.3 is 0 Å². The summed E-state index contributed by atoms with van der Waals surface area (Å²) in [5.74, 6) is 0.0397. The van der Waals surface area contributed by atoms with E-state index in [9.17, 15) is 4.79 Å². The van der Waals surface area contributed by atoms with Gasteiger partial charge in [-0.15, -0.1) is 23.7 Å². The van der Waals surface area contributed by atoms with Gasteiger partial charge in [-0.25, -0.2) is 0 Å². The third-order valence-electron chi connectivity index (χ3n) is 3.52. The average molecular weight is 339 g/mol. The molecular weight excluding hydrogens is 316 g/mol. The van der Waals surface area contributed by atoms with Crippen LogP contribution in [0.3, 0.4) is 0 Å². The van der Waals surface area contributed by atoms with E-state index in [4.69, 9.17) is 5.73 Å². The van der Waals surface area contributed by atoms with Crippen molar-refractivity contribution in [1.82, 2.24) is 4.90 Å². The monoisotopic (exact) mass is 338 g/mol. The van der Waals surface area contributed by atoms with Crippen molar-refractivity contribution in [3.63, 3.8) is 0 Å². The summed E-state index contributed by atoms with van der Waals surface area (Å²) in [7, 11) is 0. The Morgan fingerprint density at radius 3 is 2.55 bits per heavy atom. The number of thiophene rings is 1. The van der Waals surface area contributed by atoms with Crippen LogP contribution in [0.4, 0.5) is 0 Å². The fraction of sp³-hybridized carbons (Fsp3) is 0.353. The zero-order chi connectivity index (χ0) is 15.1. The molecule has 0 fully saturated rings. The zero-order valence-electron chi connectivity index (χ0n) is 12.8. The van der Waals surface area contributed by atoms with Crippen LogP contribution >= 0.6 is 23.7 Å². The molecule has 22 heavy (non-hydrogen) atoms. The lowest BCUT2D eigenvalue weighted by molar-refractivity contribution is -0.132. The lowest BCUT2D eigenvalue weighted by Gasteiger charge is -2.24. The Morgan fingerprint density at radius 1 is 1.23 bits per heavy atom. The van der Waals surface area contributed by atoms with Crippen LogP contribution in [0.1, 0.15) is 17.4 Å². The lowest BCUT2D eigenvalue weighted by Crippen LogP contribution is -2.45. The minimum absolute atomic E-state index is 0. The number of carbonyl (C=O) groups excluding carboxylic acids is 1. The number of amides is 1. The van der Waals surface area contributed by atoms with Crippen LogP contribution in [0.15, 0.2) is 47.8 Å². The van der Waals surface area contributed by atoms with Crippen molar-refractivity contribution in [3.05, 3.63) is 58.3 Å². The summed E-state index contributed by atoms with van der Waals surface area (Å²) in [6, 6.07) is 13.6. The fourth-order valence-corrected chi connectivity index (χ4v) is 3.01. The Kier molecular flexibility index (Phi) is 8.17. The quantitative estimate of drug-likeness (QED) is 0.843. The molecule has 0 saturated heterocycles. The van der Waals surface area contributed by atoms with Crippen molar-refractivity contribution in [2.75, 3.05) is 13.1 Å². The SMILES string of the molecule is CCN(CCc1cccs1)C(=O)[C@@H](N)Cc1ccccc1.Cl. The van der Waals surface area contributed by atoms with E-state index >= 15 is 0 Å². The van der Waals surface area contributed by atoms with E-state index in [1.165, 1.54) is 4.88 Å². The summed E-state index contributed by atoms with van der Waals surface area (Å²) >= 11 is 1.73. The van der Waals surface area contributed by atoms with Gasteiger partial charge in [0.15, 0.2) is 0 Å². The van der Waals surface area contributed by atoms with Crippen molar-refractivity contribution in [1.29, 1.82) is 0 Å². The van der Waals surface area contributed by atoms with Crippen LogP contribution in [-0.2, 0) is 17.6 Å². The smallest absolute Gasteiger partial charge is 0.239 e. The highest BCUT2D eigenvalue weighted by molar-refractivity contribution is 7.09. The summed E-state index contributed by atoms with van der Waals surface area (Å²) in [6.07, 6.45) is 1.49. The second-order valence-corrected chi connectivity index (χ2v) is 6.08. The molecule has 2 rings (SSSR count). The Morgan fingerprint density at radius 2 is 1.95 bits per heavy atom. The van der Waals surface area contributed by atoms with Gasteiger partial charge in [0.2, 0.25) is 5.91 Å². The number of hydrogen-bond acceptors (Lipinski definition) is 3. The Balaban J connectivity index is 0.00000242. The second-order valence-electron chi connectivity index (χ2n) is 5.04. The molecule has 0 aliphatic carbocycles. The van der Waals surface area contributed by atoms with E-state index in [1.54, 1.807) is 11.3 Å². The molecule has 1 aromatic carbocycles. The van der Waals surface area contributed by atoms with Crippen LogP contribution in [0, 0.1) is 0 Å². The third-order valence-corrected chi connectivity index (χ3v) is 4.45. The topological polar surface area (TPSA) is 46.3 Å². The molecule has 1 heterocycles. The number of hydrogen-bond donors (Lipinski definition) is 1. The first kappa shape index (κ1) is 18.7. The van der Waals surface area contributed by atoms with Gasteiger partial charge in [0.25, 0.3) is 0 Å². The number of carbonyl (C=O) groups is 1. The first-order valence-electron chi connectivity index (χ1n) is 7.31. The number of nitrogens with zero attached hydrogens (tertiary/aromatic N) is 1. The zero-order valence-corrected chi connectivity index (χ0v) is 14.4. The highest BCUT2D eigenvalue weighted by Crippen LogP contribution is 2.11. The summed E-state index contributed by atoms with van der Waals surface area (Å²) in [4.78, 5) is 15.6. The molecule has 0 saturated carbocycles. The molecule has 0 aliphatic heterocycles. The van der Waals surface area contributed by atoms with Crippen molar-refractivity contribution >= 4 is 29.7 Å². The number of benzene rings is 1. The van der Waals surface area contributed by atoms with E-state index < -0.39 is 6.04 Å². The molecule has 0 spiro atoms. The first-order valence-corrected chi connectivity index (χ1v) is 8.19. The maximum atomic E-state index is 12.4. The van der Waals surface area contributed by atoms with Gasteiger partial charge in [-0.3, -0.25) is 4.79 Å². The highest BCUT2D eigenvalue weighted by atomic mass is 35.5. The molecule has 1 amide bonds. The molecule has 0 aliphatic rings. The van der Waals surface area contributed by atoms with Crippen molar-refractivity contribution in [2.24, 2.45) is 5.73 Å². The second kappa shape index (κ2) is 9.62. The van der Waals surface area contributed by atoms with Crippen molar-refractivity contribution in [3.8, 4) is 0 Å². The molecule has 5 heteroatoms. The van der Waals surface area contributed by atoms with Crippen LogP contribution in [0.25, 0.3) is 0 Å². The molecule has 1 atom stereocenters.